The van der Waals surface area contributed by atoms with E-state index in [1.165, 1.54) is 0 Å². The number of aliphatic hydroxyl groups is 1. The summed E-state index contributed by atoms with van der Waals surface area (Å²) in [6.07, 6.45) is 6.69. The zero-order valence-electron chi connectivity index (χ0n) is 16.2. The van der Waals surface area contributed by atoms with Crippen LogP contribution in [-0.2, 0) is 0 Å². The van der Waals surface area contributed by atoms with Crippen molar-refractivity contribution >= 4 is 33.6 Å². The summed E-state index contributed by atoms with van der Waals surface area (Å²) in [6, 6.07) is 9.94. The molecule has 148 valence electrons. The zero-order valence-corrected chi connectivity index (χ0v) is 16.2. The molecular weight excluding hydrogens is 366 g/mol. The highest BCUT2D eigenvalue weighted by Gasteiger charge is 2.22. The number of fused-ring (bicyclic) bond motifs is 2. The van der Waals surface area contributed by atoms with Gasteiger partial charge in [0, 0.05) is 17.3 Å². The van der Waals surface area contributed by atoms with Gasteiger partial charge in [0.15, 0.2) is 0 Å². The summed E-state index contributed by atoms with van der Waals surface area (Å²) in [7, 11) is 0. The molecule has 2 heterocycles. The third kappa shape index (κ3) is 3.61. The number of benzene rings is 2. The average molecular weight is 389 g/mol. The molecule has 2 aromatic carbocycles. The fourth-order valence-corrected chi connectivity index (χ4v) is 3.85. The number of aromatic nitrogens is 4. The van der Waals surface area contributed by atoms with Crippen molar-refractivity contribution in [3.8, 4) is 5.75 Å². The summed E-state index contributed by atoms with van der Waals surface area (Å²) in [5, 5.41) is 14.0. The minimum atomic E-state index is -0.200. The lowest BCUT2D eigenvalue weighted by atomic mass is 9.95. The predicted molar refractivity (Wildman–Crippen MR) is 113 cm³/mol. The molecule has 0 atom stereocenters. The van der Waals surface area contributed by atoms with Crippen molar-refractivity contribution in [2.24, 2.45) is 0 Å². The Hall–Kier alpha value is -3.19. The molecule has 7 heteroatoms. The second-order valence-corrected chi connectivity index (χ2v) is 7.65. The van der Waals surface area contributed by atoms with Crippen LogP contribution < -0.4 is 10.1 Å². The quantitative estimate of drug-likeness (QED) is 0.483. The number of imidazole rings is 1. The van der Waals surface area contributed by atoms with Crippen molar-refractivity contribution in [3.63, 3.8) is 0 Å². The number of hydrogen-bond donors (Lipinski definition) is 3. The van der Waals surface area contributed by atoms with Crippen molar-refractivity contribution in [2.75, 3.05) is 5.32 Å². The minimum Gasteiger partial charge on any atom is -0.488 e. The number of H-pyrrole nitrogens is 1. The van der Waals surface area contributed by atoms with Crippen LogP contribution in [0.15, 0.2) is 42.9 Å². The maximum atomic E-state index is 9.76. The molecule has 0 saturated heterocycles. The van der Waals surface area contributed by atoms with E-state index in [4.69, 9.17) is 9.72 Å². The van der Waals surface area contributed by atoms with Crippen molar-refractivity contribution in [3.05, 3.63) is 48.4 Å². The van der Waals surface area contributed by atoms with E-state index in [-0.39, 0.29) is 12.2 Å². The lowest BCUT2D eigenvalue weighted by molar-refractivity contribution is 0.0669. The van der Waals surface area contributed by atoms with Gasteiger partial charge in [-0.15, -0.1) is 0 Å². The van der Waals surface area contributed by atoms with Gasteiger partial charge in [0.2, 0.25) is 5.95 Å². The molecular formula is C22H23N5O2. The maximum Gasteiger partial charge on any atom is 0.227 e. The topological polar surface area (TPSA) is 96.0 Å². The number of ether oxygens (including phenoxy) is 1. The van der Waals surface area contributed by atoms with Gasteiger partial charge >= 0.3 is 0 Å². The first-order valence-corrected chi connectivity index (χ1v) is 9.97. The molecule has 2 aromatic heterocycles. The van der Waals surface area contributed by atoms with E-state index >= 15 is 0 Å². The molecule has 1 aliphatic carbocycles. The van der Waals surface area contributed by atoms with Crippen molar-refractivity contribution < 1.29 is 9.84 Å². The number of nitrogens with one attached hydrogen (secondary N) is 2. The number of aliphatic hydroxyl groups excluding tert-OH is 1. The second-order valence-electron chi connectivity index (χ2n) is 7.65. The molecule has 0 amide bonds. The standard InChI is InChI=1S/C22H23N5O2/c1-13-2-3-14-11-23-22(26-15-4-9-18-19(10-15)25-12-24-18)27-20(14)21(13)29-17-7-5-16(28)6-8-17/h2-4,9-12,16-17,28H,5-8H2,1H3,(H,24,25)(H,23,26,27). The highest BCUT2D eigenvalue weighted by atomic mass is 16.5. The molecule has 0 spiro atoms. The van der Waals surface area contributed by atoms with Gasteiger partial charge in [0.1, 0.15) is 11.3 Å². The number of nitrogens with zero attached hydrogens (tertiary/aromatic N) is 3. The average Bonchev–Trinajstić information content (AvgIpc) is 3.20. The second kappa shape index (κ2) is 7.33. The molecule has 4 aromatic rings. The highest BCUT2D eigenvalue weighted by Crippen LogP contribution is 2.32. The Labute approximate surface area is 168 Å². The van der Waals surface area contributed by atoms with Crippen LogP contribution in [0.1, 0.15) is 31.2 Å². The van der Waals surface area contributed by atoms with E-state index in [0.29, 0.717) is 5.95 Å². The molecule has 1 fully saturated rings. The van der Waals surface area contributed by atoms with Crippen LogP contribution in [0.3, 0.4) is 0 Å². The Bertz CT molecular complexity index is 1160. The van der Waals surface area contributed by atoms with Crippen molar-refractivity contribution in [1.29, 1.82) is 0 Å². The molecule has 29 heavy (non-hydrogen) atoms. The minimum absolute atomic E-state index is 0.108. The Morgan fingerprint density at radius 1 is 1.10 bits per heavy atom. The highest BCUT2D eigenvalue weighted by molar-refractivity contribution is 5.86. The van der Waals surface area contributed by atoms with Crippen molar-refractivity contribution in [1.82, 2.24) is 19.9 Å². The van der Waals surface area contributed by atoms with Crippen LogP contribution in [0.4, 0.5) is 11.6 Å². The SMILES string of the molecule is Cc1ccc2cnc(Nc3ccc4nc[nH]c4c3)nc2c1OC1CCC(O)CC1. The molecule has 1 saturated carbocycles. The van der Waals surface area contributed by atoms with Crippen LogP contribution >= 0.6 is 0 Å². The van der Waals surface area contributed by atoms with E-state index < -0.39 is 0 Å². The molecule has 0 radical (unpaired) electrons. The summed E-state index contributed by atoms with van der Waals surface area (Å²) >= 11 is 0. The van der Waals surface area contributed by atoms with Crippen LogP contribution in [0.5, 0.6) is 5.75 Å². The Kier molecular flexibility index (Phi) is 4.52. The Morgan fingerprint density at radius 3 is 2.83 bits per heavy atom. The summed E-state index contributed by atoms with van der Waals surface area (Å²) in [4.78, 5) is 16.6. The van der Waals surface area contributed by atoms with Crippen LogP contribution in [0.25, 0.3) is 21.9 Å². The third-order valence-corrected chi connectivity index (χ3v) is 5.51. The van der Waals surface area contributed by atoms with E-state index in [9.17, 15) is 5.11 Å². The first-order valence-electron chi connectivity index (χ1n) is 9.97. The monoisotopic (exact) mass is 389 g/mol. The Balaban J connectivity index is 1.46. The van der Waals surface area contributed by atoms with Gasteiger partial charge in [-0.2, -0.15) is 0 Å². The first-order chi connectivity index (χ1) is 14.2. The maximum absolute atomic E-state index is 9.76. The van der Waals surface area contributed by atoms with Crippen molar-refractivity contribution in [2.45, 2.75) is 44.8 Å². The number of aryl methyl sites for hydroxylation is 1. The fourth-order valence-electron chi connectivity index (χ4n) is 3.85. The Morgan fingerprint density at radius 2 is 1.97 bits per heavy atom. The largest absolute Gasteiger partial charge is 0.488 e. The molecule has 0 unspecified atom stereocenters. The molecule has 7 nitrogen and oxygen atoms in total. The van der Waals surface area contributed by atoms with E-state index in [2.05, 4.69) is 20.3 Å². The molecule has 0 bridgehead atoms. The lowest BCUT2D eigenvalue weighted by Gasteiger charge is -2.27. The van der Waals surface area contributed by atoms with Gasteiger partial charge in [-0.05, 0) is 56.4 Å². The summed E-state index contributed by atoms with van der Waals surface area (Å²) < 4.78 is 6.36. The molecule has 5 rings (SSSR count). The molecule has 1 aliphatic rings. The van der Waals surface area contributed by atoms with Gasteiger partial charge in [0.25, 0.3) is 0 Å². The zero-order chi connectivity index (χ0) is 19.8. The summed E-state index contributed by atoms with van der Waals surface area (Å²) in [6.45, 7) is 2.04. The van der Waals surface area contributed by atoms with Gasteiger partial charge < -0.3 is 20.1 Å². The van der Waals surface area contributed by atoms with Crippen LogP contribution in [0, 0.1) is 6.92 Å². The van der Waals surface area contributed by atoms with Gasteiger partial charge in [-0.25, -0.2) is 15.0 Å². The van der Waals surface area contributed by atoms with Crippen LogP contribution in [0.2, 0.25) is 0 Å². The van der Waals surface area contributed by atoms with E-state index in [0.717, 1.165) is 64.6 Å². The van der Waals surface area contributed by atoms with E-state index in [1.807, 2.05) is 43.5 Å². The van der Waals surface area contributed by atoms with E-state index in [1.54, 1.807) is 6.33 Å². The first kappa shape index (κ1) is 17.9. The van der Waals surface area contributed by atoms with Gasteiger partial charge in [-0.3, -0.25) is 0 Å². The van der Waals surface area contributed by atoms with Gasteiger partial charge in [-0.1, -0.05) is 12.1 Å². The smallest absolute Gasteiger partial charge is 0.227 e. The molecule has 0 aliphatic heterocycles. The lowest BCUT2D eigenvalue weighted by Crippen LogP contribution is -2.26. The van der Waals surface area contributed by atoms with Gasteiger partial charge in [0.05, 0.1) is 29.6 Å². The number of anilines is 2. The fraction of sp³-hybridized carbons (Fsp3) is 0.318. The molecule has 3 N–H and O–H groups in total. The predicted octanol–water partition coefficient (Wildman–Crippen LogP) is 4.24. The third-order valence-electron chi connectivity index (χ3n) is 5.51. The van der Waals surface area contributed by atoms with Crippen LogP contribution in [-0.4, -0.2) is 37.3 Å². The number of aromatic amines is 1. The number of rotatable bonds is 4. The number of hydrogen-bond acceptors (Lipinski definition) is 6. The summed E-state index contributed by atoms with van der Waals surface area (Å²) in [5.74, 6) is 1.32. The normalized spacial score (nSPS) is 19.5. The summed E-state index contributed by atoms with van der Waals surface area (Å²) in [5.41, 5.74) is 4.61.